The van der Waals surface area contributed by atoms with Crippen LogP contribution in [-0.2, 0) is 38.1 Å². The molecular formula is C37H58N2O8. The van der Waals surface area contributed by atoms with E-state index in [0.29, 0.717) is 36.9 Å². The summed E-state index contributed by atoms with van der Waals surface area (Å²) < 4.78 is 30.1. The molecule has 4 aliphatic carbocycles. The summed E-state index contributed by atoms with van der Waals surface area (Å²) in [6.45, 7) is 14.5. The zero-order valence-electron chi connectivity index (χ0n) is 29.4. The molecule has 7 rings (SSSR count). The third kappa shape index (κ3) is 6.16. The molecule has 3 aliphatic heterocycles. The van der Waals surface area contributed by atoms with Gasteiger partial charge in [0.25, 0.3) is 0 Å². The minimum absolute atomic E-state index is 0.0259. The molecule has 3 heterocycles. The molecule has 0 unspecified atom stereocenters. The minimum Gasteiger partial charge on any atom is -0.462 e. The van der Waals surface area contributed by atoms with E-state index in [0.717, 1.165) is 90.4 Å². The van der Waals surface area contributed by atoms with Crippen LogP contribution in [0.15, 0.2) is 0 Å². The zero-order chi connectivity index (χ0) is 33.1. The normalized spacial score (nSPS) is 43.9. The molecule has 0 bridgehead atoms. The number of carbonyl (C=O) groups excluding carboxylic acids is 3. The summed E-state index contributed by atoms with van der Waals surface area (Å²) in [7, 11) is 0. The van der Waals surface area contributed by atoms with Gasteiger partial charge in [-0.3, -0.25) is 24.2 Å². The van der Waals surface area contributed by atoms with E-state index in [1.807, 2.05) is 0 Å². The molecular weight excluding hydrogens is 600 g/mol. The van der Waals surface area contributed by atoms with Gasteiger partial charge in [0, 0.05) is 77.3 Å². The maximum absolute atomic E-state index is 12.6. The quantitative estimate of drug-likeness (QED) is 0.305. The molecule has 7 fully saturated rings. The third-order valence-corrected chi connectivity index (χ3v) is 14.3. The zero-order valence-corrected chi connectivity index (χ0v) is 29.4. The standard InChI is InChI=1S/C37H58N2O8/c1-23(40)45-27-9-14-38(15-10-27)32-22-36(5)26(20-33(32)46-24(2)41)6-7-28-29(36)8-11-35(4)30(28)21-31(34(35)47-25(3)42)39-16-12-37(13-17-39)43-18-19-44-37/h26-34H,6-22H2,1-5H3/t26-,28+,29-,30-,31-,32-,33-,34-,35-,36-/m0/s1. The topological polar surface area (TPSA) is 104 Å². The van der Waals surface area contributed by atoms with Gasteiger partial charge in [-0.15, -0.1) is 0 Å². The average Bonchev–Trinajstić information content (AvgIpc) is 3.59. The molecule has 0 radical (unpaired) electrons. The molecule has 0 aromatic carbocycles. The summed E-state index contributed by atoms with van der Waals surface area (Å²) >= 11 is 0. The second-order valence-corrected chi connectivity index (χ2v) is 16.7. The van der Waals surface area contributed by atoms with Gasteiger partial charge in [-0.2, -0.15) is 0 Å². The highest BCUT2D eigenvalue weighted by Crippen LogP contribution is 2.67. The smallest absolute Gasteiger partial charge is 0.302 e. The van der Waals surface area contributed by atoms with Gasteiger partial charge in [-0.1, -0.05) is 13.8 Å². The summed E-state index contributed by atoms with van der Waals surface area (Å²) in [5.41, 5.74) is 0.116. The lowest BCUT2D eigenvalue weighted by Gasteiger charge is -2.62. The van der Waals surface area contributed by atoms with E-state index < -0.39 is 5.79 Å². The van der Waals surface area contributed by atoms with Gasteiger partial charge in [0.05, 0.1) is 13.2 Å². The van der Waals surface area contributed by atoms with Crippen LogP contribution < -0.4 is 0 Å². The van der Waals surface area contributed by atoms with E-state index in [4.69, 9.17) is 23.7 Å². The van der Waals surface area contributed by atoms with Crippen LogP contribution in [0.5, 0.6) is 0 Å². The molecule has 0 amide bonds. The first-order chi connectivity index (χ1) is 22.4. The molecule has 1 spiro atoms. The van der Waals surface area contributed by atoms with E-state index in [2.05, 4.69) is 23.6 Å². The molecule has 0 N–H and O–H groups in total. The van der Waals surface area contributed by atoms with Gasteiger partial charge in [0.15, 0.2) is 5.79 Å². The molecule has 10 nitrogen and oxygen atoms in total. The number of fused-ring (bicyclic) bond motifs is 5. The van der Waals surface area contributed by atoms with Crippen molar-refractivity contribution >= 4 is 17.9 Å². The first-order valence-corrected chi connectivity index (χ1v) is 18.7. The summed E-state index contributed by atoms with van der Waals surface area (Å²) in [5, 5.41) is 0. The molecule has 264 valence electrons. The number of hydrogen-bond donors (Lipinski definition) is 0. The lowest BCUT2D eigenvalue weighted by atomic mass is 9.44. The Morgan fingerprint density at radius 2 is 1.30 bits per heavy atom. The Balaban J connectivity index is 1.11. The highest BCUT2D eigenvalue weighted by atomic mass is 16.7. The van der Waals surface area contributed by atoms with Crippen LogP contribution >= 0.6 is 0 Å². The van der Waals surface area contributed by atoms with E-state index in [9.17, 15) is 14.4 Å². The van der Waals surface area contributed by atoms with Crippen molar-refractivity contribution in [1.82, 2.24) is 9.80 Å². The highest BCUT2D eigenvalue weighted by molar-refractivity contribution is 5.67. The van der Waals surface area contributed by atoms with Gasteiger partial charge < -0.3 is 23.7 Å². The number of esters is 3. The number of piperidine rings is 2. The maximum atomic E-state index is 12.6. The van der Waals surface area contributed by atoms with Gasteiger partial charge >= 0.3 is 17.9 Å². The Bertz CT molecular complexity index is 1190. The van der Waals surface area contributed by atoms with E-state index in [1.165, 1.54) is 13.3 Å². The Morgan fingerprint density at radius 1 is 0.660 bits per heavy atom. The predicted octanol–water partition coefficient (Wildman–Crippen LogP) is 4.72. The molecule has 0 aromatic rings. The van der Waals surface area contributed by atoms with Crippen molar-refractivity contribution in [3.05, 3.63) is 0 Å². The monoisotopic (exact) mass is 658 g/mol. The third-order valence-electron chi connectivity index (χ3n) is 14.3. The van der Waals surface area contributed by atoms with Crippen LogP contribution in [0.25, 0.3) is 0 Å². The predicted molar refractivity (Wildman–Crippen MR) is 173 cm³/mol. The number of ether oxygens (including phenoxy) is 5. The van der Waals surface area contributed by atoms with Crippen LogP contribution in [0, 0.1) is 34.5 Å². The average molecular weight is 659 g/mol. The van der Waals surface area contributed by atoms with Crippen molar-refractivity contribution in [3.8, 4) is 0 Å². The number of nitrogens with zero attached hydrogens (tertiary/aromatic N) is 2. The first kappa shape index (κ1) is 33.7. The maximum Gasteiger partial charge on any atom is 0.302 e. The summed E-state index contributed by atoms with van der Waals surface area (Å²) in [6.07, 6.45) is 10.8. The number of likely N-dealkylation sites (tertiary alicyclic amines) is 2. The minimum atomic E-state index is -0.419. The fourth-order valence-electron chi connectivity index (χ4n) is 12.2. The Kier molecular flexibility index (Phi) is 9.22. The van der Waals surface area contributed by atoms with Crippen LogP contribution in [0.1, 0.15) is 105 Å². The fraction of sp³-hybridized carbons (Fsp3) is 0.919. The largest absolute Gasteiger partial charge is 0.462 e. The molecule has 47 heavy (non-hydrogen) atoms. The van der Waals surface area contributed by atoms with Crippen LogP contribution in [-0.4, -0.2) is 103 Å². The SMILES string of the molecule is CC(=O)OC1CCN([C@H]2C[C@@]3(C)[C@@H](CC[C@@H]4[C@@H]3CC[C@@]3(C)[C@H]4C[C@H](N4CCC5(CC4)OCCO5)[C@@H]3OC(C)=O)C[C@@H]2OC(C)=O)CC1. The van der Waals surface area contributed by atoms with Crippen LogP contribution in [0.4, 0.5) is 0 Å². The summed E-state index contributed by atoms with van der Waals surface area (Å²) in [4.78, 5) is 41.7. The Morgan fingerprint density at radius 3 is 1.94 bits per heavy atom. The van der Waals surface area contributed by atoms with E-state index in [-0.39, 0.29) is 59.1 Å². The van der Waals surface area contributed by atoms with Crippen LogP contribution in [0.2, 0.25) is 0 Å². The molecule has 4 saturated carbocycles. The van der Waals surface area contributed by atoms with E-state index >= 15 is 0 Å². The first-order valence-electron chi connectivity index (χ1n) is 18.7. The highest BCUT2D eigenvalue weighted by Gasteiger charge is 2.65. The lowest BCUT2D eigenvalue weighted by molar-refractivity contribution is -0.194. The number of rotatable bonds is 5. The molecule has 3 saturated heterocycles. The second kappa shape index (κ2) is 12.9. The van der Waals surface area contributed by atoms with E-state index in [1.54, 1.807) is 13.8 Å². The second-order valence-electron chi connectivity index (χ2n) is 16.7. The van der Waals surface area contributed by atoms with Gasteiger partial charge in [-0.25, -0.2) is 0 Å². The van der Waals surface area contributed by atoms with Crippen molar-refractivity contribution < 1.29 is 38.1 Å². The number of hydrogen-bond acceptors (Lipinski definition) is 10. The van der Waals surface area contributed by atoms with Crippen molar-refractivity contribution in [2.75, 3.05) is 39.4 Å². The van der Waals surface area contributed by atoms with Crippen LogP contribution in [0.3, 0.4) is 0 Å². The molecule has 0 aromatic heterocycles. The number of carbonyl (C=O) groups is 3. The molecule has 10 heteroatoms. The van der Waals surface area contributed by atoms with Crippen molar-refractivity contribution in [1.29, 1.82) is 0 Å². The lowest BCUT2D eigenvalue weighted by Crippen LogP contribution is -2.61. The van der Waals surface area contributed by atoms with Crippen molar-refractivity contribution in [3.63, 3.8) is 0 Å². The van der Waals surface area contributed by atoms with Gasteiger partial charge in [0.2, 0.25) is 0 Å². The van der Waals surface area contributed by atoms with Gasteiger partial charge in [-0.05, 0) is 86.9 Å². The molecule has 10 atom stereocenters. The van der Waals surface area contributed by atoms with Crippen molar-refractivity contribution in [2.45, 2.75) is 141 Å². The summed E-state index contributed by atoms with van der Waals surface area (Å²) in [5.74, 6) is 1.24. The fourth-order valence-corrected chi connectivity index (χ4v) is 12.2. The Hall–Kier alpha value is -1.75. The summed E-state index contributed by atoms with van der Waals surface area (Å²) in [6, 6.07) is 0.402. The van der Waals surface area contributed by atoms with Gasteiger partial charge in [0.1, 0.15) is 18.3 Å². The van der Waals surface area contributed by atoms with Crippen molar-refractivity contribution in [2.24, 2.45) is 34.5 Å². The Labute approximate surface area is 280 Å². The molecule has 7 aliphatic rings.